The van der Waals surface area contributed by atoms with Crippen LogP contribution in [0.1, 0.15) is 46.6 Å². The number of amides is 2. The van der Waals surface area contributed by atoms with E-state index in [-0.39, 0.29) is 28.3 Å². The zero-order chi connectivity index (χ0) is 26.6. The van der Waals surface area contributed by atoms with E-state index in [1.807, 2.05) is 0 Å². The number of nitrogens with two attached hydrogens (primary N) is 3. The van der Waals surface area contributed by atoms with Crippen LogP contribution in [0.2, 0.25) is 5.15 Å². The Kier molecular flexibility index (Phi) is 10.5. The van der Waals surface area contributed by atoms with Gasteiger partial charge in [-0.05, 0) is 47.9 Å². The number of nitrogens with one attached hydrogen (secondary N) is 1. The summed E-state index contributed by atoms with van der Waals surface area (Å²) in [5.41, 5.74) is 21.4. The van der Waals surface area contributed by atoms with E-state index >= 15 is 0 Å². The summed E-state index contributed by atoms with van der Waals surface area (Å²) in [7, 11) is 0. The van der Waals surface area contributed by atoms with Crippen LogP contribution in [-0.4, -0.2) is 47.3 Å². The third-order valence-electron chi connectivity index (χ3n) is 5.72. The minimum atomic E-state index is -0.759. The molecule has 0 aliphatic heterocycles. The molecule has 9 nitrogen and oxygen atoms in total. The molecule has 1 heterocycles. The van der Waals surface area contributed by atoms with Crippen molar-refractivity contribution in [3.63, 3.8) is 0 Å². The molecule has 37 heavy (non-hydrogen) atoms. The second-order valence-electron chi connectivity index (χ2n) is 8.51. The maximum absolute atomic E-state index is 11.7. The number of halogens is 1. The maximum atomic E-state index is 11.7. The van der Waals surface area contributed by atoms with Gasteiger partial charge in [0, 0.05) is 26.1 Å². The average Bonchev–Trinajstić information content (AvgIpc) is 2.91. The van der Waals surface area contributed by atoms with E-state index in [4.69, 9.17) is 28.8 Å². The fourth-order valence-corrected chi connectivity index (χ4v) is 3.86. The highest BCUT2D eigenvalue weighted by Gasteiger charge is 2.15. The molecule has 0 unspecified atom stereocenters. The number of unbranched alkanes of at least 4 members (excludes halogenated alkanes) is 1. The fraction of sp³-hybridized carbons (Fsp3) is 0.296. The number of carbonyl (C=O) groups is 2. The molecule has 0 aliphatic rings. The van der Waals surface area contributed by atoms with E-state index in [2.05, 4.69) is 68.8 Å². The predicted octanol–water partition coefficient (Wildman–Crippen LogP) is 2.63. The molecule has 194 valence electrons. The minimum Gasteiger partial charge on any atom is -0.382 e. The molecule has 0 saturated carbocycles. The Hall–Kier alpha value is -3.82. The maximum Gasteiger partial charge on any atom is 0.269 e. The monoisotopic (exact) mass is 521 g/mol. The molecular formula is C27H32ClN7O2. The number of carbonyl (C=O) groups excluding carboxylic acids is 2. The van der Waals surface area contributed by atoms with Crippen molar-refractivity contribution in [1.29, 1.82) is 0 Å². The minimum absolute atomic E-state index is 0.0217. The molecule has 0 aliphatic carbocycles. The number of aryl methyl sites for hydroxylation is 2. The van der Waals surface area contributed by atoms with Crippen molar-refractivity contribution in [2.45, 2.75) is 32.1 Å². The number of hydrogen-bond donors (Lipinski definition) is 4. The van der Waals surface area contributed by atoms with Gasteiger partial charge in [0.1, 0.15) is 16.7 Å². The Morgan fingerprint density at radius 2 is 1.51 bits per heavy atom. The molecule has 2 aromatic carbocycles. The van der Waals surface area contributed by atoms with Gasteiger partial charge >= 0.3 is 0 Å². The van der Waals surface area contributed by atoms with Gasteiger partial charge in [-0.3, -0.25) is 14.6 Å². The molecule has 7 N–H and O–H groups in total. The van der Waals surface area contributed by atoms with Gasteiger partial charge in [0.05, 0.1) is 6.20 Å². The number of nitrogens with zero attached hydrogens (tertiary/aromatic N) is 3. The molecule has 0 bridgehead atoms. The van der Waals surface area contributed by atoms with E-state index < -0.39 is 5.91 Å². The lowest BCUT2D eigenvalue weighted by Crippen LogP contribution is -2.29. The Labute approximate surface area is 221 Å². The lowest BCUT2D eigenvalue weighted by atomic mass is 9.99. The summed E-state index contributed by atoms with van der Waals surface area (Å²) >= 11 is 5.78. The number of amidine groups is 1. The largest absolute Gasteiger partial charge is 0.382 e. The molecule has 10 heteroatoms. The van der Waals surface area contributed by atoms with Gasteiger partial charge in [0.15, 0.2) is 5.69 Å². The second kappa shape index (κ2) is 14.1. The fourth-order valence-electron chi connectivity index (χ4n) is 3.73. The van der Waals surface area contributed by atoms with Crippen molar-refractivity contribution in [3.8, 4) is 11.1 Å². The summed E-state index contributed by atoms with van der Waals surface area (Å²) in [5, 5.41) is 2.85. The first kappa shape index (κ1) is 27.8. The number of hydrogen-bond acceptors (Lipinski definition) is 6. The molecule has 0 fully saturated rings. The van der Waals surface area contributed by atoms with E-state index in [1.54, 1.807) is 0 Å². The molecule has 0 atom stereocenters. The molecule has 0 radical (unpaired) electrons. The molecule has 3 rings (SSSR count). The smallest absolute Gasteiger partial charge is 0.269 e. The number of benzene rings is 2. The van der Waals surface area contributed by atoms with Crippen LogP contribution in [0.3, 0.4) is 0 Å². The molecule has 1 aromatic heterocycles. The normalized spacial score (nSPS) is 11.4. The first-order chi connectivity index (χ1) is 17.9. The summed E-state index contributed by atoms with van der Waals surface area (Å²) in [4.78, 5) is 35.5. The Morgan fingerprint density at radius 3 is 2.11 bits per heavy atom. The van der Waals surface area contributed by atoms with E-state index in [1.165, 1.54) is 11.8 Å². The number of aliphatic imine (C=N–C) groups is 1. The molecule has 0 spiro atoms. The van der Waals surface area contributed by atoms with E-state index in [0.717, 1.165) is 36.0 Å². The first-order valence-electron chi connectivity index (χ1n) is 12.1. The summed E-state index contributed by atoms with van der Waals surface area (Å²) in [6.45, 7) is 1.45. The zero-order valence-electron chi connectivity index (χ0n) is 20.6. The Bertz CT molecular complexity index is 1230. The second-order valence-corrected chi connectivity index (χ2v) is 8.90. The van der Waals surface area contributed by atoms with Gasteiger partial charge in [0.25, 0.3) is 5.91 Å². The van der Waals surface area contributed by atoms with Gasteiger partial charge in [-0.25, -0.2) is 9.97 Å². The highest BCUT2D eigenvalue weighted by Crippen LogP contribution is 2.21. The van der Waals surface area contributed by atoms with Gasteiger partial charge in [0.2, 0.25) is 5.91 Å². The Morgan fingerprint density at radius 1 is 0.892 bits per heavy atom. The van der Waals surface area contributed by atoms with Gasteiger partial charge < -0.3 is 22.5 Å². The van der Waals surface area contributed by atoms with Gasteiger partial charge in [-0.15, -0.1) is 0 Å². The highest BCUT2D eigenvalue weighted by molar-refractivity contribution is 6.29. The number of primary amides is 1. The number of aromatic nitrogens is 2. The Balaban J connectivity index is 1.45. The lowest BCUT2D eigenvalue weighted by molar-refractivity contribution is -0.121. The zero-order valence-corrected chi connectivity index (χ0v) is 21.4. The van der Waals surface area contributed by atoms with Crippen molar-refractivity contribution >= 4 is 29.3 Å². The highest BCUT2D eigenvalue weighted by atomic mass is 35.5. The van der Waals surface area contributed by atoms with Gasteiger partial charge in [-0.2, -0.15) is 0 Å². The van der Waals surface area contributed by atoms with Crippen molar-refractivity contribution in [1.82, 2.24) is 15.3 Å². The predicted molar refractivity (Wildman–Crippen MR) is 146 cm³/mol. The van der Waals surface area contributed by atoms with Crippen molar-refractivity contribution < 1.29 is 9.59 Å². The quantitative estimate of drug-likeness (QED) is 0.153. The first-order valence-corrected chi connectivity index (χ1v) is 12.5. The van der Waals surface area contributed by atoms with E-state index in [0.29, 0.717) is 32.5 Å². The average molecular weight is 522 g/mol. The van der Waals surface area contributed by atoms with Crippen LogP contribution in [0.25, 0.3) is 11.1 Å². The van der Waals surface area contributed by atoms with Crippen LogP contribution < -0.4 is 22.5 Å². The van der Waals surface area contributed by atoms with Crippen LogP contribution in [0.4, 0.5) is 0 Å². The van der Waals surface area contributed by atoms with Crippen LogP contribution in [-0.2, 0) is 17.6 Å². The summed E-state index contributed by atoms with van der Waals surface area (Å²) < 4.78 is 0. The van der Waals surface area contributed by atoms with Crippen LogP contribution in [0.15, 0.2) is 59.7 Å². The topological polar surface area (TPSA) is 162 Å². The van der Waals surface area contributed by atoms with Crippen molar-refractivity contribution in [2.24, 2.45) is 22.2 Å². The van der Waals surface area contributed by atoms with Gasteiger partial charge in [-0.1, -0.05) is 60.1 Å². The standard InChI is InChI=1S/C27H32ClN7O2/c28-22-17-34-24(25(35-22)27(31)37)26(30)33-15-2-1-3-18-4-9-20(10-5-18)21-11-6-19(7-12-21)8-13-23(36)32-16-14-29/h4-7,9-12,17H,1-3,8,13-16,29H2,(H2,30,33)(H2,31,37)(H,32,36). The molecule has 0 saturated heterocycles. The summed E-state index contributed by atoms with van der Waals surface area (Å²) in [6.07, 6.45) is 5.11. The SMILES string of the molecule is NCCNC(=O)CCc1ccc(-c2ccc(CCCCN=C(N)c3ncc(Cl)nc3C(N)=O)cc2)cc1. The summed E-state index contributed by atoms with van der Waals surface area (Å²) in [6, 6.07) is 16.8. The molecular weight excluding hydrogens is 490 g/mol. The van der Waals surface area contributed by atoms with E-state index in [9.17, 15) is 9.59 Å². The van der Waals surface area contributed by atoms with Crippen LogP contribution in [0, 0.1) is 0 Å². The van der Waals surface area contributed by atoms with Crippen molar-refractivity contribution in [2.75, 3.05) is 19.6 Å². The summed E-state index contributed by atoms with van der Waals surface area (Å²) in [5.74, 6) is -0.623. The third kappa shape index (κ3) is 8.66. The molecule has 3 aromatic rings. The van der Waals surface area contributed by atoms with Crippen LogP contribution >= 0.6 is 11.6 Å². The lowest BCUT2D eigenvalue weighted by Gasteiger charge is -2.07. The van der Waals surface area contributed by atoms with Crippen molar-refractivity contribution in [3.05, 3.63) is 82.4 Å². The molecule has 2 amide bonds. The third-order valence-corrected chi connectivity index (χ3v) is 5.91. The van der Waals surface area contributed by atoms with Crippen LogP contribution in [0.5, 0.6) is 0 Å². The number of rotatable bonds is 13.